The molecule has 0 bridgehead atoms. The van der Waals surface area contributed by atoms with E-state index in [9.17, 15) is 4.79 Å². The first-order valence-corrected chi connectivity index (χ1v) is 6.11. The quantitative estimate of drug-likeness (QED) is 0.814. The molecule has 7 heteroatoms. The molecule has 1 aromatic rings. The maximum absolute atomic E-state index is 10.7. The van der Waals surface area contributed by atoms with Gasteiger partial charge in [0.2, 0.25) is 5.95 Å². The molecule has 1 aliphatic rings. The van der Waals surface area contributed by atoms with E-state index in [2.05, 4.69) is 9.97 Å². The van der Waals surface area contributed by atoms with Crippen LogP contribution in [-0.4, -0.2) is 58.7 Å². The molecular formula is C12H15N5O2. The van der Waals surface area contributed by atoms with Crippen LogP contribution in [0.2, 0.25) is 0 Å². The molecule has 0 amide bonds. The number of carbonyl (C=O) groups is 1. The Balaban J connectivity index is 2.02. The molecular weight excluding hydrogens is 246 g/mol. The lowest BCUT2D eigenvalue weighted by molar-refractivity contribution is -0.138. The molecule has 2 heterocycles. The van der Waals surface area contributed by atoms with Crippen molar-refractivity contribution >= 4 is 11.9 Å². The smallest absolute Gasteiger partial charge is 0.317 e. The van der Waals surface area contributed by atoms with E-state index in [1.165, 1.54) is 0 Å². The van der Waals surface area contributed by atoms with Crippen LogP contribution in [0.15, 0.2) is 12.3 Å². The van der Waals surface area contributed by atoms with Crippen LogP contribution >= 0.6 is 0 Å². The van der Waals surface area contributed by atoms with Crippen molar-refractivity contribution in [3.05, 3.63) is 18.0 Å². The van der Waals surface area contributed by atoms with Gasteiger partial charge in [0.05, 0.1) is 6.54 Å². The number of nitrogens with zero attached hydrogens (tertiary/aromatic N) is 5. The van der Waals surface area contributed by atoms with Gasteiger partial charge in [-0.3, -0.25) is 9.69 Å². The number of carboxylic acid groups (broad SMARTS) is 1. The van der Waals surface area contributed by atoms with Gasteiger partial charge in [-0.2, -0.15) is 5.26 Å². The first-order valence-electron chi connectivity index (χ1n) is 6.11. The van der Waals surface area contributed by atoms with E-state index in [1.807, 2.05) is 15.9 Å². The van der Waals surface area contributed by atoms with Crippen molar-refractivity contribution in [2.24, 2.45) is 0 Å². The molecule has 1 fully saturated rings. The maximum atomic E-state index is 10.7. The maximum Gasteiger partial charge on any atom is 0.317 e. The van der Waals surface area contributed by atoms with Crippen molar-refractivity contribution in [3.63, 3.8) is 0 Å². The third kappa shape index (κ3) is 3.63. The summed E-state index contributed by atoms with van der Waals surface area (Å²) < 4.78 is 0. The van der Waals surface area contributed by atoms with E-state index in [1.54, 1.807) is 12.3 Å². The van der Waals surface area contributed by atoms with Crippen LogP contribution in [0.4, 0.5) is 5.95 Å². The zero-order valence-corrected chi connectivity index (χ0v) is 10.5. The van der Waals surface area contributed by atoms with Gasteiger partial charge in [-0.05, 0) is 12.5 Å². The Bertz CT molecular complexity index is 499. The fraction of sp³-hybridized carbons (Fsp3) is 0.500. The normalized spacial score (nSPS) is 16.7. The molecule has 0 saturated carbocycles. The van der Waals surface area contributed by atoms with E-state index < -0.39 is 5.97 Å². The Morgan fingerprint density at radius 2 is 2.26 bits per heavy atom. The Kier molecular flexibility index (Phi) is 4.26. The molecule has 1 N–H and O–H groups in total. The molecule has 0 spiro atoms. The lowest BCUT2D eigenvalue weighted by Gasteiger charge is -2.20. The number of aromatic nitrogens is 2. The Labute approximate surface area is 111 Å². The van der Waals surface area contributed by atoms with Crippen LogP contribution in [0.1, 0.15) is 12.1 Å². The standard InChI is InChI=1S/C12H15N5O2/c13-8-10-2-3-14-12(15-10)17-5-1-4-16(6-7-17)9-11(18)19/h2-3H,1,4-7,9H2,(H,18,19). The summed E-state index contributed by atoms with van der Waals surface area (Å²) in [7, 11) is 0. The summed E-state index contributed by atoms with van der Waals surface area (Å²) in [6.07, 6.45) is 2.42. The summed E-state index contributed by atoms with van der Waals surface area (Å²) in [5, 5.41) is 17.6. The van der Waals surface area contributed by atoms with E-state index in [-0.39, 0.29) is 6.54 Å². The van der Waals surface area contributed by atoms with Crippen LogP contribution in [0.5, 0.6) is 0 Å². The topological polar surface area (TPSA) is 93.4 Å². The number of hydrogen-bond donors (Lipinski definition) is 1. The van der Waals surface area contributed by atoms with Crippen molar-refractivity contribution in [3.8, 4) is 6.07 Å². The first-order chi connectivity index (χ1) is 9.19. The average Bonchev–Trinajstić information content (AvgIpc) is 2.64. The average molecular weight is 261 g/mol. The molecule has 0 aliphatic carbocycles. The molecule has 1 aromatic heterocycles. The van der Waals surface area contributed by atoms with Gasteiger partial charge in [0.1, 0.15) is 11.8 Å². The minimum Gasteiger partial charge on any atom is -0.480 e. The second kappa shape index (κ2) is 6.11. The van der Waals surface area contributed by atoms with Crippen LogP contribution in [0.25, 0.3) is 0 Å². The fourth-order valence-electron chi connectivity index (χ4n) is 2.08. The predicted octanol–water partition coefficient (Wildman–Crippen LogP) is -0.0550. The SMILES string of the molecule is N#Cc1ccnc(N2CCCN(CC(=O)O)CC2)n1. The minimum atomic E-state index is -0.809. The number of hydrogen-bond acceptors (Lipinski definition) is 6. The van der Waals surface area contributed by atoms with Gasteiger partial charge in [0, 0.05) is 32.4 Å². The number of carboxylic acids is 1. The van der Waals surface area contributed by atoms with E-state index >= 15 is 0 Å². The van der Waals surface area contributed by atoms with E-state index in [0.717, 1.165) is 19.5 Å². The van der Waals surface area contributed by atoms with Crippen LogP contribution < -0.4 is 4.90 Å². The second-order valence-corrected chi connectivity index (χ2v) is 4.36. The number of rotatable bonds is 3. The van der Waals surface area contributed by atoms with Crippen LogP contribution in [0.3, 0.4) is 0 Å². The van der Waals surface area contributed by atoms with Crippen molar-refractivity contribution < 1.29 is 9.90 Å². The highest BCUT2D eigenvalue weighted by Gasteiger charge is 2.18. The van der Waals surface area contributed by atoms with Crippen molar-refractivity contribution in [2.75, 3.05) is 37.6 Å². The largest absolute Gasteiger partial charge is 0.480 e. The first kappa shape index (κ1) is 13.2. The molecule has 100 valence electrons. The zero-order valence-electron chi connectivity index (χ0n) is 10.5. The Morgan fingerprint density at radius 3 is 3.00 bits per heavy atom. The molecule has 1 aliphatic heterocycles. The van der Waals surface area contributed by atoms with Crippen molar-refractivity contribution in [1.82, 2.24) is 14.9 Å². The summed E-state index contributed by atoms with van der Waals surface area (Å²) in [6, 6.07) is 3.56. The molecule has 7 nitrogen and oxygen atoms in total. The highest BCUT2D eigenvalue weighted by Crippen LogP contribution is 2.11. The van der Waals surface area contributed by atoms with Gasteiger partial charge in [-0.15, -0.1) is 0 Å². The molecule has 0 unspecified atom stereocenters. The summed E-state index contributed by atoms with van der Waals surface area (Å²) in [6.45, 7) is 2.91. The van der Waals surface area contributed by atoms with Gasteiger partial charge in [0.25, 0.3) is 0 Å². The lowest BCUT2D eigenvalue weighted by Crippen LogP contribution is -2.34. The number of anilines is 1. The highest BCUT2D eigenvalue weighted by molar-refractivity contribution is 5.69. The number of aliphatic carboxylic acids is 1. The summed E-state index contributed by atoms with van der Waals surface area (Å²) in [5.74, 6) is -0.271. The minimum absolute atomic E-state index is 0.0624. The van der Waals surface area contributed by atoms with Crippen LogP contribution in [0, 0.1) is 11.3 Å². The van der Waals surface area contributed by atoms with Gasteiger partial charge >= 0.3 is 5.97 Å². The van der Waals surface area contributed by atoms with Gasteiger partial charge < -0.3 is 10.0 Å². The molecule has 0 radical (unpaired) electrons. The molecule has 0 aromatic carbocycles. The Hall–Kier alpha value is -2.20. The third-order valence-corrected chi connectivity index (χ3v) is 2.99. The van der Waals surface area contributed by atoms with Crippen LogP contribution in [-0.2, 0) is 4.79 Å². The van der Waals surface area contributed by atoms with Gasteiger partial charge in [0.15, 0.2) is 0 Å². The second-order valence-electron chi connectivity index (χ2n) is 4.36. The van der Waals surface area contributed by atoms with Gasteiger partial charge in [-0.1, -0.05) is 0 Å². The Morgan fingerprint density at radius 1 is 1.42 bits per heavy atom. The summed E-state index contributed by atoms with van der Waals surface area (Å²) >= 11 is 0. The summed E-state index contributed by atoms with van der Waals surface area (Å²) in [4.78, 5) is 22.9. The lowest BCUT2D eigenvalue weighted by atomic mass is 10.4. The van der Waals surface area contributed by atoms with Gasteiger partial charge in [-0.25, -0.2) is 9.97 Å². The third-order valence-electron chi connectivity index (χ3n) is 2.99. The summed E-state index contributed by atoms with van der Waals surface area (Å²) in [5.41, 5.74) is 0.344. The molecule has 0 atom stereocenters. The predicted molar refractivity (Wildman–Crippen MR) is 67.7 cm³/mol. The molecule has 2 rings (SSSR count). The molecule has 1 saturated heterocycles. The molecule has 19 heavy (non-hydrogen) atoms. The number of nitriles is 1. The highest BCUT2D eigenvalue weighted by atomic mass is 16.4. The zero-order chi connectivity index (χ0) is 13.7. The van der Waals surface area contributed by atoms with Crippen molar-refractivity contribution in [2.45, 2.75) is 6.42 Å². The van der Waals surface area contributed by atoms with E-state index in [4.69, 9.17) is 10.4 Å². The monoisotopic (exact) mass is 261 g/mol. The fourth-order valence-corrected chi connectivity index (χ4v) is 2.08. The van der Waals surface area contributed by atoms with E-state index in [0.29, 0.717) is 24.7 Å². The van der Waals surface area contributed by atoms with Crippen molar-refractivity contribution in [1.29, 1.82) is 5.26 Å².